The minimum Gasteiger partial charge on any atom is -0.374 e. The molecule has 0 amide bonds. The van der Waals surface area contributed by atoms with Crippen LogP contribution in [0.5, 0.6) is 0 Å². The van der Waals surface area contributed by atoms with Crippen LogP contribution in [0, 0.1) is 5.92 Å². The molecule has 1 N–H and O–H groups in total. The molecule has 0 saturated carbocycles. The second-order valence-electron chi connectivity index (χ2n) is 4.95. The van der Waals surface area contributed by atoms with E-state index in [2.05, 4.69) is 33.0 Å². The Morgan fingerprint density at radius 1 is 1.29 bits per heavy atom. The Bertz CT molecular complexity index is 347. The maximum Gasteiger partial charge on any atom is 0.122 e. The third-order valence-electron chi connectivity index (χ3n) is 2.73. The van der Waals surface area contributed by atoms with Crippen LogP contribution >= 0.6 is 11.3 Å². The van der Waals surface area contributed by atoms with Crippen LogP contribution in [0.2, 0.25) is 0 Å². The Balaban J connectivity index is 3.05. The van der Waals surface area contributed by atoms with E-state index in [0.717, 1.165) is 11.6 Å². The number of hydrogen-bond donors (Lipinski definition) is 1. The van der Waals surface area contributed by atoms with E-state index in [0.29, 0.717) is 11.8 Å². The van der Waals surface area contributed by atoms with Crippen molar-refractivity contribution in [2.24, 2.45) is 5.92 Å². The van der Waals surface area contributed by atoms with Gasteiger partial charge in [-0.25, -0.2) is 4.98 Å². The number of ether oxygens (including phenoxy) is 1. The van der Waals surface area contributed by atoms with Crippen molar-refractivity contribution in [3.8, 4) is 0 Å². The average Bonchev–Trinajstić information content (AvgIpc) is 2.63. The highest BCUT2D eigenvalue weighted by Crippen LogP contribution is 2.33. The van der Waals surface area contributed by atoms with Crippen LogP contribution in [0.1, 0.15) is 55.3 Å². The number of hydrogen-bond acceptors (Lipinski definition) is 4. The molecule has 0 spiro atoms. The van der Waals surface area contributed by atoms with Crippen LogP contribution in [-0.2, 0) is 11.3 Å². The molecule has 3 nitrogen and oxygen atoms in total. The molecule has 1 unspecified atom stereocenters. The van der Waals surface area contributed by atoms with Gasteiger partial charge in [0.25, 0.3) is 0 Å². The Hall–Kier alpha value is -0.450. The molecule has 0 radical (unpaired) electrons. The molecule has 0 aliphatic carbocycles. The lowest BCUT2D eigenvalue weighted by Gasteiger charge is -2.16. The molecule has 4 heteroatoms. The van der Waals surface area contributed by atoms with Crippen LogP contribution in [0.15, 0.2) is 0 Å². The summed E-state index contributed by atoms with van der Waals surface area (Å²) in [6.07, 6.45) is 0.114. The van der Waals surface area contributed by atoms with E-state index >= 15 is 0 Å². The van der Waals surface area contributed by atoms with Gasteiger partial charge in [0.1, 0.15) is 11.1 Å². The van der Waals surface area contributed by atoms with Crippen molar-refractivity contribution < 1.29 is 4.74 Å². The van der Waals surface area contributed by atoms with Gasteiger partial charge < -0.3 is 10.1 Å². The van der Waals surface area contributed by atoms with E-state index in [1.165, 1.54) is 10.6 Å². The van der Waals surface area contributed by atoms with Gasteiger partial charge >= 0.3 is 0 Å². The third-order valence-corrected chi connectivity index (χ3v) is 3.86. The fourth-order valence-corrected chi connectivity index (χ4v) is 3.38. The van der Waals surface area contributed by atoms with E-state index in [9.17, 15) is 0 Å². The van der Waals surface area contributed by atoms with Gasteiger partial charge in [0.15, 0.2) is 0 Å². The molecule has 0 saturated heterocycles. The number of thiazole rings is 1. The molecule has 1 rings (SSSR count). The van der Waals surface area contributed by atoms with E-state index in [-0.39, 0.29) is 6.10 Å². The average molecular weight is 256 g/mol. The van der Waals surface area contributed by atoms with E-state index in [1.807, 2.05) is 7.05 Å². The highest BCUT2D eigenvalue weighted by atomic mass is 32.1. The molecule has 1 aromatic rings. The highest BCUT2D eigenvalue weighted by molar-refractivity contribution is 7.11. The SMILES string of the molecule is CNCc1sc(C(OC)C(C)C)nc1C(C)C. The zero-order valence-electron chi connectivity index (χ0n) is 11.7. The first-order valence-electron chi connectivity index (χ1n) is 6.18. The van der Waals surface area contributed by atoms with Crippen molar-refractivity contribution in [3.63, 3.8) is 0 Å². The first kappa shape index (κ1) is 14.6. The molecule has 1 atom stereocenters. The predicted molar refractivity (Wildman–Crippen MR) is 73.6 cm³/mol. The standard InChI is InChI=1S/C13H24N2OS/c1-8(2)11-10(7-14-5)17-13(15-11)12(16-6)9(3)4/h8-9,12,14H,7H2,1-6H3. The summed E-state index contributed by atoms with van der Waals surface area (Å²) in [4.78, 5) is 6.11. The smallest absolute Gasteiger partial charge is 0.122 e. The minimum absolute atomic E-state index is 0.114. The van der Waals surface area contributed by atoms with Gasteiger partial charge in [0.2, 0.25) is 0 Å². The molecule has 1 heterocycles. The first-order valence-corrected chi connectivity index (χ1v) is 6.99. The molecule has 17 heavy (non-hydrogen) atoms. The van der Waals surface area contributed by atoms with Crippen LogP contribution in [0.3, 0.4) is 0 Å². The van der Waals surface area contributed by atoms with Crippen LogP contribution in [0.25, 0.3) is 0 Å². The van der Waals surface area contributed by atoms with Gasteiger partial charge in [-0.2, -0.15) is 0 Å². The Morgan fingerprint density at radius 3 is 2.35 bits per heavy atom. The normalized spacial score (nSPS) is 13.6. The molecule has 0 aliphatic heterocycles. The van der Waals surface area contributed by atoms with Gasteiger partial charge in [-0.3, -0.25) is 0 Å². The number of methoxy groups -OCH3 is 1. The maximum absolute atomic E-state index is 5.55. The fourth-order valence-electron chi connectivity index (χ4n) is 1.90. The van der Waals surface area contributed by atoms with Crippen LogP contribution < -0.4 is 5.32 Å². The summed E-state index contributed by atoms with van der Waals surface area (Å²) in [7, 11) is 3.73. The zero-order chi connectivity index (χ0) is 13.0. The highest BCUT2D eigenvalue weighted by Gasteiger charge is 2.22. The largest absolute Gasteiger partial charge is 0.374 e. The molecule has 1 aromatic heterocycles. The van der Waals surface area contributed by atoms with Crippen LogP contribution in [0.4, 0.5) is 0 Å². The van der Waals surface area contributed by atoms with Crippen molar-refractivity contribution in [1.29, 1.82) is 0 Å². The summed E-state index contributed by atoms with van der Waals surface area (Å²) in [5.74, 6) is 0.918. The van der Waals surface area contributed by atoms with E-state index in [1.54, 1.807) is 18.4 Å². The van der Waals surface area contributed by atoms with Crippen molar-refractivity contribution in [2.75, 3.05) is 14.2 Å². The number of nitrogens with one attached hydrogen (secondary N) is 1. The third kappa shape index (κ3) is 3.50. The predicted octanol–water partition coefficient (Wildman–Crippen LogP) is 3.33. The van der Waals surface area contributed by atoms with E-state index < -0.39 is 0 Å². The molecular weight excluding hydrogens is 232 g/mol. The molecule has 0 fully saturated rings. The molecule has 0 aromatic carbocycles. The summed E-state index contributed by atoms with van der Waals surface area (Å²) in [6.45, 7) is 9.61. The number of nitrogens with zero attached hydrogens (tertiary/aromatic N) is 1. The van der Waals surface area contributed by atoms with Gasteiger partial charge in [-0.05, 0) is 18.9 Å². The number of aromatic nitrogens is 1. The molecule has 98 valence electrons. The summed E-state index contributed by atoms with van der Waals surface area (Å²) in [6, 6.07) is 0. The maximum atomic E-state index is 5.55. The summed E-state index contributed by atoms with van der Waals surface area (Å²) in [5.41, 5.74) is 1.21. The van der Waals surface area contributed by atoms with Crippen molar-refractivity contribution >= 4 is 11.3 Å². The van der Waals surface area contributed by atoms with Gasteiger partial charge in [0, 0.05) is 18.5 Å². The number of rotatable bonds is 6. The lowest BCUT2D eigenvalue weighted by atomic mass is 10.1. The minimum atomic E-state index is 0.114. The summed E-state index contributed by atoms with van der Waals surface area (Å²) in [5, 5.41) is 4.32. The monoisotopic (exact) mass is 256 g/mol. The molecule has 0 bridgehead atoms. The van der Waals surface area contributed by atoms with Gasteiger partial charge in [-0.15, -0.1) is 11.3 Å². The fraction of sp³-hybridized carbons (Fsp3) is 0.769. The lowest BCUT2D eigenvalue weighted by molar-refractivity contribution is 0.0643. The van der Waals surface area contributed by atoms with Crippen molar-refractivity contribution in [1.82, 2.24) is 10.3 Å². The Labute approximate surface area is 109 Å². The van der Waals surface area contributed by atoms with Crippen LogP contribution in [-0.4, -0.2) is 19.1 Å². The quantitative estimate of drug-likeness (QED) is 0.847. The topological polar surface area (TPSA) is 34.1 Å². The molecular formula is C13H24N2OS. The lowest BCUT2D eigenvalue weighted by Crippen LogP contribution is -2.08. The van der Waals surface area contributed by atoms with Gasteiger partial charge in [-0.1, -0.05) is 27.7 Å². The Morgan fingerprint density at radius 2 is 1.94 bits per heavy atom. The first-order chi connectivity index (χ1) is 8.01. The summed E-state index contributed by atoms with van der Waals surface area (Å²) < 4.78 is 5.55. The Kier molecular flexibility index (Phi) is 5.56. The van der Waals surface area contributed by atoms with Gasteiger partial charge in [0.05, 0.1) is 5.69 Å². The second kappa shape index (κ2) is 6.47. The van der Waals surface area contributed by atoms with E-state index in [4.69, 9.17) is 9.72 Å². The zero-order valence-corrected chi connectivity index (χ0v) is 12.5. The summed E-state index contributed by atoms with van der Waals surface area (Å²) >= 11 is 1.77. The van der Waals surface area contributed by atoms with Crippen molar-refractivity contribution in [2.45, 2.75) is 46.3 Å². The molecule has 0 aliphatic rings. The van der Waals surface area contributed by atoms with Crippen molar-refractivity contribution in [3.05, 3.63) is 15.6 Å². The second-order valence-corrected chi connectivity index (χ2v) is 6.06.